The first-order valence-electron chi connectivity index (χ1n) is 6.07. The van der Waals surface area contributed by atoms with E-state index in [1.54, 1.807) is 0 Å². The first kappa shape index (κ1) is 19.6. The first-order chi connectivity index (χ1) is 10.0. The maximum Gasteiger partial charge on any atom is 0.458 e. The van der Waals surface area contributed by atoms with Gasteiger partial charge in [0.15, 0.2) is 0 Å². The molecule has 0 saturated carbocycles. The molecule has 0 nitrogen and oxygen atoms in total. The standard InChI is InChI=1S/C13H10F10/c1-6(2)8-4-3-7(10(14,15)12(18,19)20)5-9(8)11(16,17)13(21,22)23/h3-6H,1-2H3. The van der Waals surface area contributed by atoms with E-state index in [4.69, 9.17) is 0 Å². The summed E-state index contributed by atoms with van der Waals surface area (Å²) in [4.78, 5) is 0. The van der Waals surface area contributed by atoms with Crippen molar-refractivity contribution in [3.63, 3.8) is 0 Å². The molecule has 132 valence electrons. The van der Waals surface area contributed by atoms with Gasteiger partial charge in [-0.15, -0.1) is 0 Å². The first-order valence-corrected chi connectivity index (χ1v) is 6.07. The Bertz CT molecular complexity index is 565. The highest BCUT2D eigenvalue weighted by molar-refractivity contribution is 5.40. The molecule has 0 aliphatic heterocycles. The van der Waals surface area contributed by atoms with Crippen molar-refractivity contribution in [2.75, 3.05) is 0 Å². The number of hydrogen-bond acceptors (Lipinski definition) is 0. The van der Waals surface area contributed by atoms with E-state index in [-0.39, 0.29) is 6.07 Å². The summed E-state index contributed by atoms with van der Waals surface area (Å²) in [6.45, 7) is 2.40. The molecule has 0 atom stereocenters. The molecule has 0 fully saturated rings. The van der Waals surface area contributed by atoms with Gasteiger partial charge in [0, 0.05) is 11.1 Å². The van der Waals surface area contributed by atoms with Gasteiger partial charge in [-0.05, 0) is 17.5 Å². The second kappa shape index (κ2) is 5.55. The lowest BCUT2D eigenvalue weighted by atomic mass is 9.90. The lowest BCUT2D eigenvalue weighted by Crippen LogP contribution is -2.37. The van der Waals surface area contributed by atoms with Gasteiger partial charge in [0.1, 0.15) is 0 Å². The minimum absolute atomic E-state index is 0.193. The third-order valence-electron chi connectivity index (χ3n) is 3.09. The van der Waals surface area contributed by atoms with E-state index in [0.717, 1.165) is 0 Å². The smallest absolute Gasteiger partial charge is 0.191 e. The van der Waals surface area contributed by atoms with Crippen LogP contribution in [0.25, 0.3) is 0 Å². The molecule has 10 heteroatoms. The van der Waals surface area contributed by atoms with E-state index in [1.165, 1.54) is 13.8 Å². The van der Waals surface area contributed by atoms with Gasteiger partial charge in [-0.3, -0.25) is 0 Å². The highest BCUT2D eigenvalue weighted by Gasteiger charge is 2.62. The number of alkyl halides is 10. The van der Waals surface area contributed by atoms with Crippen LogP contribution in [0.2, 0.25) is 0 Å². The quantitative estimate of drug-likeness (QED) is 0.573. The third kappa shape index (κ3) is 3.40. The molecule has 1 aromatic carbocycles. The van der Waals surface area contributed by atoms with Gasteiger partial charge in [-0.2, -0.15) is 43.9 Å². The summed E-state index contributed by atoms with van der Waals surface area (Å²) in [5, 5.41) is 0. The van der Waals surface area contributed by atoms with Gasteiger partial charge >= 0.3 is 24.2 Å². The van der Waals surface area contributed by atoms with Crippen LogP contribution in [0.5, 0.6) is 0 Å². The van der Waals surface area contributed by atoms with Gasteiger partial charge < -0.3 is 0 Å². The normalized spacial score (nSPS) is 14.5. The molecule has 0 radical (unpaired) electrons. The van der Waals surface area contributed by atoms with Crippen LogP contribution >= 0.6 is 0 Å². The van der Waals surface area contributed by atoms with Crippen LogP contribution in [0.1, 0.15) is 36.5 Å². The summed E-state index contributed by atoms with van der Waals surface area (Å²) < 4.78 is 128. The molecule has 1 aromatic rings. The summed E-state index contributed by atoms with van der Waals surface area (Å²) in [7, 11) is 0. The molecule has 0 N–H and O–H groups in total. The number of hydrogen-bond donors (Lipinski definition) is 0. The Hall–Kier alpha value is -1.48. The van der Waals surface area contributed by atoms with Crippen LogP contribution in [-0.4, -0.2) is 12.4 Å². The Kier molecular flexibility index (Phi) is 4.72. The molecule has 0 aliphatic carbocycles. The van der Waals surface area contributed by atoms with Crippen LogP contribution in [0.15, 0.2) is 18.2 Å². The molecule has 1 rings (SSSR count). The molecule has 0 saturated heterocycles. The molecular weight excluding hydrogens is 346 g/mol. The van der Waals surface area contributed by atoms with Crippen LogP contribution in [0.3, 0.4) is 0 Å². The predicted molar refractivity (Wildman–Crippen MR) is 60.4 cm³/mol. The fraction of sp³-hybridized carbons (Fsp3) is 0.538. The van der Waals surface area contributed by atoms with E-state index in [0.29, 0.717) is 6.07 Å². The van der Waals surface area contributed by atoms with E-state index in [2.05, 4.69) is 0 Å². The van der Waals surface area contributed by atoms with Gasteiger partial charge in [-0.1, -0.05) is 26.0 Å². The molecule has 23 heavy (non-hydrogen) atoms. The summed E-state index contributed by atoms with van der Waals surface area (Å²) in [5.74, 6) is -12.1. The Balaban J connectivity index is 3.65. The zero-order valence-corrected chi connectivity index (χ0v) is 11.6. The van der Waals surface area contributed by atoms with Crippen molar-refractivity contribution in [1.29, 1.82) is 0 Å². The fourth-order valence-corrected chi connectivity index (χ4v) is 1.84. The zero-order chi connectivity index (χ0) is 18.4. The van der Waals surface area contributed by atoms with Gasteiger partial charge in [-0.25, -0.2) is 0 Å². The van der Waals surface area contributed by atoms with Crippen LogP contribution in [0.4, 0.5) is 43.9 Å². The maximum absolute atomic E-state index is 13.5. The zero-order valence-electron chi connectivity index (χ0n) is 11.6. The van der Waals surface area contributed by atoms with Gasteiger partial charge in [0.25, 0.3) is 0 Å². The van der Waals surface area contributed by atoms with Gasteiger partial charge in [0.2, 0.25) is 0 Å². The van der Waals surface area contributed by atoms with E-state index in [1.807, 2.05) is 0 Å². The maximum atomic E-state index is 13.5. The number of benzene rings is 1. The molecular formula is C13H10F10. The lowest BCUT2D eigenvalue weighted by molar-refractivity contribution is -0.292. The third-order valence-corrected chi connectivity index (χ3v) is 3.09. The van der Waals surface area contributed by atoms with Crippen LogP contribution < -0.4 is 0 Å². The van der Waals surface area contributed by atoms with Crippen LogP contribution in [-0.2, 0) is 11.8 Å². The summed E-state index contributed by atoms with van der Waals surface area (Å²) >= 11 is 0. The monoisotopic (exact) mass is 356 g/mol. The number of halogens is 10. The van der Waals surface area contributed by atoms with Crippen molar-refractivity contribution in [2.24, 2.45) is 0 Å². The van der Waals surface area contributed by atoms with Crippen molar-refractivity contribution < 1.29 is 43.9 Å². The Labute approximate surface area is 124 Å². The van der Waals surface area contributed by atoms with Crippen molar-refractivity contribution in [3.8, 4) is 0 Å². The summed E-state index contributed by atoms with van der Waals surface area (Å²) in [6, 6.07) is 0.184. The average Bonchev–Trinajstić information content (AvgIpc) is 2.35. The summed E-state index contributed by atoms with van der Waals surface area (Å²) in [6.07, 6.45) is -12.3. The molecule has 0 spiro atoms. The Morgan fingerprint density at radius 1 is 0.696 bits per heavy atom. The average molecular weight is 356 g/mol. The van der Waals surface area contributed by atoms with E-state index in [9.17, 15) is 43.9 Å². The Morgan fingerprint density at radius 2 is 1.13 bits per heavy atom. The fourth-order valence-electron chi connectivity index (χ4n) is 1.84. The molecule has 0 amide bonds. The minimum atomic E-state index is -6.14. The lowest BCUT2D eigenvalue weighted by Gasteiger charge is -2.26. The molecule has 0 bridgehead atoms. The largest absolute Gasteiger partial charge is 0.458 e. The van der Waals surface area contributed by atoms with Gasteiger partial charge in [0.05, 0.1) is 0 Å². The molecule has 0 aromatic heterocycles. The molecule has 0 aliphatic rings. The highest BCUT2D eigenvalue weighted by atomic mass is 19.4. The van der Waals surface area contributed by atoms with Crippen molar-refractivity contribution in [1.82, 2.24) is 0 Å². The Morgan fingerprint density at radius 3 is 1.48 bits per heavy atom. The number of rotatable bonds is 3. The van der Waals surface area contributed by atoms with Crippen LogP contribution in [0, 0.1) is 0 Å². The molecule has 0 unspecified atom stereocenters. The second-order valence-corrected chi connectivity index (χ2v) is 5.10. The van der Waals surface area contributed by atoms with E-state index < -0.39 is 52.9 Å². The minimum Gasteiger partial charge on any atom is -0.191 e. The summed E-state index contributed by atoms with van der Waals surface area (Å²) in [5.41, 5.74) is -4.57. The van der Waals surface area contributed by atoms with Crippen molar-refractivity contribution in [3.05, 3.63) is 34.9 Å². The van der Waals surface area contributed by atoms with Crippen molar-refractivity contribution >= 4 is 0 Å². The SMILES string of the molecule is CC(C)c1ccc(C(F)(F)C(F)(F)F)cc1C(F)(F)C(F)(F)F. The van der Waals surface area contributed by atoms with E-state index >= 15 is 0 Å². The van der Waals surface area contributed by atoms with Crippen molar-refractivity contribution in [2.45, 2.75) is 44.0 Å². The molecule has 0 heterocycles. The predicted octanol–water partition coefficient (Wildman–Crippen LogP) is 6.12. The second-order valence-electron chi connectivity index (χ2n) is 5.10. The topological polar surface area (TPSA) is 0 Å². The highest BCUT2D eigenvalue weighted by Crippen LogP contribution is 2.49.